The number of ether oxygens (including phenoxy) is 1. The van der Waals surface area contributed by atoms with Crippen molar-refractivity contribution in [2.75, 3.05) is 25.6 Å². The molecule has 0 aliphatic carbocycles. The Kier molecular flexibility index (Phi) is 3.89. The molecule has 6 nitrogen and oxygen atoms in total. The lowest BCUT2D eigenvalue weighted by molar-refractivity contribution is 0.0700. The maximum atomic E-state index is 12.8. The van der Waals surface area contributed by atoms with E-state index in [-0.39, 0.29) is 24.0 Å². The summed E-state index contributed by atoms with van der Waals surface area (Å²) < 4.78 is 5.08. The highest BCUT2D eigenvalue weighted by atomic mass is 16.6. The molecule has 1 aromatic rings. The number of carbonyl (C=O) groups excluding carboxylic acids is 2. The van der Waals surface area contributed by atoms with Crippen LogP contribution in [0.5, 0.6) is 0 Å². The van der Waals surface area contributed by atoms with Gasteiger partial charge in [0.25, 0.3) is 5.91 Å². The Bertz CT molecular complexity index is 564. The minimum atomic E-state index is -0.589. The minimum Gasteiger partial charge on any atom is -0.447 e. The topological polar surface area (TPSA) is 62.7 Å². The SMILES string of the molecule is CN(C)c1ccncc1C(=O)N1C(=O)OC[C@@H]1C(C)(C)C. The van der Waals surface area contributed by atoms with Gasteiger partial charge in [0.15, 0.2) is 0 Å². The Morgan fingerprint density at radius 3 is 2.67 bits per heavy atom. The van der Waals surface area contributed by atoms with Gasteiger partial charge >= 0.3 is 6.09 Å². The van der Waals surface area contributed by atoms with Gasteiger partial charge in [0.1, 0.15) is 6.61 Å². The first-order valence-corrected chi connectivity index (χ1v) is 6.85. The van der Waals surface area contributed by atoms with Crippen LogP contribution in [0, 0.1) is 5.41 Å². The molecule has 0 N–H and O–H groups in total. The van der Waals surface area contributed by atoms with Crippen molar-refractivity contribution in [3.8, 4) is 0 Å². The van der Waals surface area contributed by atoms with E-state index in [1.807, 2.05) is 39.8 Å². The van der Waals surface area contributed by atoms with Crippen molar-refractivity contribution in [1.29, 1.82) is 0 Å². The van der Waals surface area contributed by atoms with E-state index in [9.17, 15) is 9.59 Å². The molecular weight excluding hydrogens is 270 g/mol. The van der Waals surface area contributed by atoms with Gasteiger partial charge < -0.3 is 9.64 Å². The standard InChI is InChI=1S/C15H21N3O3/c1-15(2,3)12-9-21-14(20)18(12)13(19)10-8-16-7-6-11(10)17(4)5/h6-8,12H,9H2,1-5H3/t12-/m1/s1. The Balaban J connectivity index is 2.41. The largest absolute Gasteiger partial charge is 0.447 e. The summed E-state index contributed by atoms with van der Waals surface area (Å²) in [5.41, 5.74) is 0.875. The zero-order valence-corrected chi connectivity index (χ0v) is 13.1. The second-order valence-corrected chi connectivity index (χ2v) is 6.42. The number of nitrogens with zero attached hydrogens (tertiary/aromatic N) is 3. The van der Waals surface area contributed by atoms with Gasteiger partial charge in [0, 0.05) is 26.5 Å². The van der Waals surface area contributed by atoms with Gasteiger partial charge in [-0.25, -0.2) is 9.69 Å². The van der Waals surface area contributed by atoms with E-state index in [1.54, 1.807) is 12.3 Å². The Morgan fingerprint density at radius 1 is 1.43 bits per heavy atom. The fourth-order valence-corrected chi connectivity index (χ4v) is 2.35. The van der Waals surface area contributed by atoms with Crippen molar-refractivity contribution >= 4 is 17.7 Å². The summed E-state index contributed by atoms with van der Waals surface area (Å²) in [5.74, 6) is -0.366. The maximum Gasteiger partial charge on any atom is 0.417 e. The molecule has 0 spiro atoms. The lowest BCUT2D eigenvalue weighted by Crippen LogP contribution is -2.46. The Labute approximate surface area is 124 Å². The Hall–Kier alpha value is -2.11. The predicted octanol–water partition coefficient (Wildman–Crippen LogP) is 2.15. The summed E-state index contributed by atoms with van der Waals surface area (Å²) in [4.78, 5) is 31.8. The quantitative estimate of drug-likeness (QED) is 0.835. The zero-order chi connectivity index (χ0) is 15.8. The molecule has 21 heavy (non-hydrogen) atoms. The van der Waals surface area contributed by atoms with Crippen molar-refractivity contribution in [3.05, 3.63) is 24.0 Å². The molecule has 0 bridgehead atoms. The first kappa shape index (κ1) is 15.3. The highest BCUT2D eigenvalue weighted by Crippen LogP contribution is 2.31. The van der Waals surface area contributed by atoms with Crippen LogP contribution in [-0.2, 0) is 4.74 Å². The number of cyclic esters (lactones) is 1. The van der Waals surface area contributed by atoms with Crippen LogP contribution in [0.15, 0.2) is 18.5 Å². The number of amides is 2. The van der Waals surface area contributed by atoms with Crippen LogP contribution in [0.3, 0.4) is 0 Å². The third-order valence-electron chi connectivity index (χ3n) is 3.60. The van der Waals surface area contributed by atoms with Crippen molar-refractivity contribution in [2.24, 2.45) is 5.41 Å². The molecule has 2 heterocycles. The van der Waals surface area contributed by atoms with Gasteiger partial charge in [-0.05, 0) is 11.5 Å². The number of carbonyl (C=O) groups is 2. The number of hydrogen-bond donors (Lipinski definition) is 0. The van der Waals surface area contributed by atoms with Crippen LogP contribution in [0.1, 0.15) is 31.1 Å². The highest BCUT2D eigenvalue weighted by molar-refractivity contribution is 6.07. The van der Waals surface area contributed by atoms with Crippen LogP contribution >= 0.6 is 0 Å². The van der Waals surface area contributed by atoms with E-state index in [2.05, 4.69) is 4.98 Å². The predicted molar refractivity (Wildman–Crippen MR) is 79.3 cm³/mol. The van der Waals surface area contributed by atoms with Crippen LogP contribution in [-0.4, -0.2) is 48.6 Å². The maximum absolute atomic E-state index is 12.8. The minimum absolute atomic E-state index is 0.228. The molecule has 1 atom stereocenters. The van der Waals surface area contributed by atoms with Crippen molar-refractivity contribution in [2.45, 2.75) is 26.8 Å². The third kappa shape index (κ3) is 2.84. The van der Waals surface area contributed by atoms with Crippen molar-refractivity contribution in [1.82, 2.24) is 9.88 Å². The average molecular weight is 291 g/mol. The molecule has 2 rings (SSSR count). The number of imide groups is 1. The summed E-state index contributed by atoms with van der Waals surface area (Å²) in [7, 11) is 3.69. The van der Waals surface area contributed by atoms with Crippen molar-refractivity contribution < 1.29 is 14.3 Å². The molecule has 1 fully saturated rings. The molecule has 0 aromatic carbocycles. The van der Waals surface area contributed by atoms with E-state index < -0.39 is 6.09 Å². The van der Waals surface area contributed by atoms with E-state index >= 15 is 0 Å². The molecular formula is C15H21N3O3. The second kappa shape index (κ2) is 5.35. The fraction of sp³-hybridized carbons (Fsp3) is 0.533. The van der Waals surface area contributed by atoms with E-state index in [0.29, 0.717) is 5.56 Å². The van der Waals surface area contributed by atoms with Crippen molar-refractivity contribution in [3.63, 3.8) is 0 Å². The van der Waals surface area contributed by atoms with Gasteiger partial charge in [0.05, 0.1) is 17.3 Å². The lowest BCUT2D eigenvalue weighted by Gasteiger charge is -2.31. The number of pyridine rings is 1. The molecule has 0 saturated carbocycles. The normalized spacial score (nSPS) is 18.6. The Morgan fingerprint density at radius 2 is 2.10 bits per heavy atom. The first-order chi connectivity index (χ1) is 9.73. The summed E-state index contributed by atoms with van der Waals surface area (Å²) in [6, 6.07) is 1.47. The van der Waals surface area contributed by atoms with Gasteiger partial charge in [-0.2, -0.15) is 0 Å². The van der Waals surface area contributed by atoms with Crippen LogP contribution in [0.2, 0.25) is 0 Å². The van der Waals surface area contributed by atoms with Gasteiger partial charge in [0.2, 0.25) is 0 Å². The van der Waals surface area contributed by atoms with Crippen LogP contribution in [0.25, 0.3) is 0 Å². The fourth-order valence-electron chi connectivity index (χ4n) is 2.35. The average Bonchev–Trinajstić information content (AvgIpc) is 2.79. The van der Waals surface area contributed by atoms with Crippen LogP contribution < -0.4 is 4.90 Å². The second-order valence-electron chi connectivity index (χ2n) is 6.42. The number of rotatable bonds is 2. The molecule has 6 heteroatoms. The molecule has 0 unspecified atom stereocenters. The van der Waals surface area contributed by atoms with E-state index in [1.165, 1.54) is 11.1 Å². The van der Waals surface area contributed by atoms with Gasteiger partial charge in [-0.1, -0.05) is 20.8 Å². The first-order valence-electron chi connectivity index (χ1n) is 6.85. The molecule has 0 radical (unpaired) electrons. The molecule has 2 amide bonds. The molecule has 1 saturated heterocycles. The summed E-state index contributed by atoms with van der Waals surface area (Å²) in [6.07, 6.45) is 2.52. The summed E-state index contributed by atoms with van der Waals surface area (Å²) in [5, 5.41) is 0. The number of aromatic nitrogens is 1. The monoisotopic (exact) mass is 291 g/mol. The number of anilines is 1. The molecule has 1 aliphatic heterocycles. The molecule has 1 aromatic heterocycles. The zero-order valence-electron chi connectivity index (χ0n) is 13.1. The van der Waals surface area contributed by atoms with E-state index in [4.69, 9.17) is 4.74 Å². The van der Waals surface area contributed by atoms with Gasteiger partial charge in [-0.3, -0.25) is 9.78 Å². The lowest BCUT2D eigenvalue weighted by atomic mass is 9.86. The highest BCUT2D eigenvalue weighted by Gasteiger charge is 2.45. The third-order valence-corrected chi connectivity index (χ3v) is 3.60. The molecule has 1 aliphatic rings. The molecule has 114 valence electrons. The summed E-state index contributed by atoms with van der Waals surface area (Å²) >= 11 is 0. The van der Waals surface area contributed by atoms with E-state index in [0.717, 1.165) is 5.69 Å². The number of hydrogen-bond acceptors (Lipinski definition) is 5. The smallest absolute Gasteiger partial charge is 0.417 e. The van der Waals surface area contributed by atoms with Gasteiger partial charge in [-0.15, -0.1) is 0 Å². The van der Waals surface area contributed by atoms with Crippen LogP contribution in [0.4, 0.5) is 10.5 Å². The summed E-state index contributed by atoms with van der Waals surface area (Å²) in [6.45, 7) is 6.17.